The van der Waals surface area contributed by atoms with Crippen LogP contribution in [0.15, 0.2) is 16.5 Å². The van der Waals surface area contributed by atoms with Crippen molar-refractivity contribution in [1.29, 1.82) is 0 Å². The molecule has 1 amide bonds. The quantitative estimate of drug-likeness (QED) is 0.774. The highest BCUT2D eigenvalue weighted by Crippen LogP contribution is 2.28. The van der Waals surface area contributed by atoms with Gasteiger partial charge in [0.05, 0.1) is 16.3 Å². The Balaban J connectivity index is 3.12. The van der Waals surface area contributed by atoms with Crippen LogP contribution in [0.2, 0.25) is 10.0 Å². The van der Waals surface area contributed by atoms with Crippen molar-refractivity contribution in [3.05, 3.63) is 27.7 Å². The lowest BCUT2D eigenvalue weighted by atomic mass is 10.2. The Morgan fingerprint density at radius 3 is 2.19 bits per heavy atom. The van der Waals surface area contributed by atoms with Crippen LogP contribution in [-0.4, -0.2) is 17.4 Å². The zero-order chi connectivity index (χ0) is 16.2. The van der Waals surface area contributed by atoms with E-state index in [1.165, 1.54) is 12.1 Å². The molecule has 6 heteroatoms. The molecule has 0 heterocycles. The van der Waals surface area contributed by atoms with E-state index in [0.29, 0.717) is 16.9 Å². The normalized spacial score (nSPS) is 11.5. The van der Waals surface area contributed by atoms with Gasteiger partial charge in [-0.2, -0.15) is 4.36 Å². The monoisotopic (exact) mass is 348 g/mol. The summed E-state index contributed by atoms with van der Waals surface area (Å²) in [5, 5.41) is 0.675. The second-order valence-corrected chi connectivity index (χ2v) is 8.45. The van der Waals surface area contributed by atoms with Gasteiger partial charge in [0.15, 0.2) is 0 Å². The van der Waals surface area contributed by atoms with E-state index in [1.54, 1.807) is 0 Å². The maximum atomic E-state index is 12.4. The molecule has 0 aliphatic rings. The molecule has 3 nitrogen and oxygen atoms in total. The molecule has 0 atom stereocenters. The minimum Gasteiger partial charge on any atom is -0.397 e. The minimum absolute atomic E-state index is 0.243. The van der Waals surface area contributed by atoms with Crippen LogP contribution in [-0.2, 0) is 10.7 Å². The van der Waals surface area contributed by atoms with E-state index in [9.17, 15) is 4.79 Å². The van der Waals surface area contributed by atoms with Gasteiger partial charge in [-0.3, -0.25) is 4.79 Å². The van der Waals surface area contributed by atoms with E-state index in [4.69, 9.17) is 28.9 Å². The molecule has 1 aromatic carbocycles. The molecule has 21 heavy (non-hydrogen) atoms. The minimum atomic E-state index is -0.332. The average molecular weight is 349 g/mol. The Morgan fingerprint density at radius 1 is 1.19 bits per heavy atom. The Morgan fingerprint density at radius 2 is 1.71 bits per heavy atom. The number of carbonyl (C=O) groups excluding carboxylic acids is 1. The number of carbonyl (C=O) groups is 1. The summed E-state index contributed by atoms with van der Waals surface area (Å²) in [5.74, 6) is 2.45. The first-order valence-electron chi connectivity index (χ1n) is 6.88. The average Bonchev–Trinajstić information content (AvgIpc) is 2.31. The van der Waals surface area contributed by atoms with Crippen molar-refractivity contribution in [2.24, 2.45) is 16.2 Å². The molecular formula is C15H22Cl2N2OS. The molecule has 0 bridgehead atoms. The standard InChI is InChI=1S/C15H22Cl2N2OS/c1-9(2)7-21(8-10(3)4)19-15(20)12-5-11(16)6-13(17)14(12)18/h5-6,9-10H,7-8,18H2,1-4H3. The summed E-state index contributed by atoms with van der Waals surface area (Å²) in [6.45, 7) is 8.52. The number of hydrogen-bond acceptors (Lipinski definition) is 2. The van der Waals surface area contributed by atoms with E-state index in [2.05, 4.69) is 32.1 Å². The third-order valence-corrected chi connectivity index (χ3v) is 5.65. The van der Waals surface area contributed by atoms with Crippen molar-refractivity contribution < 1.29 is 4.79 Å². The van der Waals surface area contributed by atoms with Gasteiger partial charge >= 0.3 is 0 Å². The SMILES string of the molecule is CC(C)CS(CC(C)C)=NC(=O)c1cc(Cl)cc(Cl)c1N. The first kappa shape index (κ1) is 18.5. The fourth-order valence-electron chi connectivity index (χ4n) is 1.84. The maximum Gasteiger partial charge on any atom is 0.285 e. The molecule has 1 rings (SSSR count). The third kappa shape index (κ3) is 5.97. The third-order valence-electron chi connectivity index (χ3n) is 2.59. The van der Waals surface area contributed by atoms with E-state index in [-0.39, 0.29) is 32.9 Å². The van der Waals surface area contributed by atoms with E-state index >= 15 is 0 Å². The second kappa shape index (κ2) is 8.16. The molecule has 0 saturated heterocycles. The number of anilines is 1. The molecule has 0 fully saturated rings. The fraction of sp³-hybridized carbons (Fsp3) is 0.533. The van der Waals surface area contributed by atoms with Crippen LogP contribution in [0, 0.1) is 11.8 Å². The van der Waals surface area contributed by atoms with Crippen molar-refractivity contribution in [3.8, 4) is 0 Å². The number of nitrogens with zero attached hydrogens (tertiary/aromatic N) is 1. The molecule has 2 N–H and O–H groups in total. The number of amides is 1. The van der Waals surface area contributed by atoms with Crippen molar-refractivity contribution in [2.75, 3.05) is 17.2 Å². The lowest BCUT2D eigenvalue weighted by Crippen LogP contribution is -2.14. The van der Waals surface area contributed by atoms with Crippen LogP contribution in [0.25, 0.3) is 0 Å². The van der Waals surface area contributed by atoms with Crippen LogP contribution in [0.3, 0.4) is 0 Å². The fourth-order valence-corrected chi connectivity index (χ4v) is 4.49. The number of benzene rings is 1. The predicted octanol–water partition coefficient (Wildman–Crippen LogP) is 4.83. The number of hydrogen-bond donors (Lipinski definition) is 1. The van der Waals surface area contributed by atoms with Gasteiger partial charge < -0.3 is 5.73 Å². The summed E-state index contributed by atoms with van der Waals surface area (Å²) >= 11 is 11.9. The van der Waals surface area contributed by atoms with E-state index < -0.39 is 0 Å². The Bertz CT molecular complexity index is 545. The summed E-state index contributed by atoms with van der Waals surface area (Å²) in [6.07, 6.45) is 0. The summed E-state index contributed by atoms with van der Waals surface area (Å²) in [4.78, 5) is 12.4. The molecule has 118 valence electrons. The molecular weight excluding hydrogens is 327 g/mol. The largest absolute Gasteiger partial charge is 0.397 e. The van der Waals surface area contributed by atoms with Gasteiger partial charge in [-0.25, -0.2) is 0 Å². The zero-order valence-corrected chi connectivity index (χ0v) is 15.1. The van der Waals surface area contributed by atoms with Gasteiger partial charge in [0, 0.05) is 16.5 Å². The lowest BCUT2D eigenvalue weighted by Gasteiger charge is -2.13. The first-order chi connectivity index (χ1) is 9.70. The molecule has 0 aliphatic heterocycles. The number of halogens is 2. The van der Waals surface area contributed by atoms with Crippen molar-refractivity contribution in [1.82, 2.24) is 0 Å². The van der Waals surface area contributed by atoms with Crippen molar-refractivity contribution >= 4 is 45.5 Å². The number of rotatable bonds is 5. The van der Waals surface area contributed by atoms with Gasteiger partial charge in [0.1, 0.15) is 0 Å². The second-order valence-electron chi connectivity index (χ2n) is 5.83. The Hall–Kier alpha value is -0.580. The summed E-state index contributed by atoms with van der Waals surface area (Å²) < 4.78 is 4.36. The first-order valence-corrected chi connectivity index (χ1v) is 9.16. The number of nitrogens with two attached hydrogens (primary N) is 1. The highest BCUT2D eigenvalue weighted by molar-refractivity contribution is 7.87. The van der Waals surface area contributed by atoms with Gasteiger partial charge in [0.2, 0.25) is 0 Å². The zero-order valence-electron chi connectivity index (χ0n) is 12.8. The van der Waals surface area contributed by atoms with E-state index in [1.807, 2.05) is 0 Å². The molecule has 0 aromatic heterocycles. The number of nitrogen functional groups attached to an aromatic ring is 1. The van der Waals surface area contributed by atoms with Crippen molar-refractivity contribution in [2.45, 2.75) is 27.7 Å². The van der Waals surface area contributed by atoms with Gasteiger partial charge in [0.25, 0.3) is 5.91 Å². The lowest BCUT2D eigenvalue weighted by molar-refractivity contribution is 0.101. The van der Waals surface area contributed by atoms with Crippen LogP contribution < -0.4 is 5.73 Å². The van der Waals surface area contributed by atoms with Gasteiger partial charge in [-0.1, -0.05) is 61.6 Å². The van der Waals surface area contributed by atoms with Crippen molar-refractivity contribution in [3.63, 3.8) is 0 Å². The summed E-state index contributed by atoms with van der Waals surface area (Å²) in [6, 6.07) is 3.05. The van der Waals surface area contributed by atoms with E-state index in [0.717, 1.165) is 11.5 Å². The maximum absolute atomic E-state index is 12.4. The van der Waals surface area contributed by atoms with Gasteiger partial charge in [-0.15, -0.1) is 0 Å². The molecule has 0 unspecified atom stereocenters. The predicted molar refractivity (Wildman–Crippen MR) is 94.4 cm³/mol. The molecule has 1 aromatic rings. The molecule has 0 saturated carbocycles. The molecule has 0 radical (unpaired) electrons. The Labute approximate surface area is 139 Å². The van der Waals surface area contributed by atoms with Crippen LogP contribution in [0.5, 0.6) is 0 Å². The van der Waals surface area contributed by atoms with Gasteiger partial charge in [-0.05, 0) is 24.0 Å². The van der Waals surface area contributed by atoms with Crippen LogP contribution >= 0.6 is 23.2 Å². The smallest absolute Gasteiger partial charge is 0.285 e. The highest BCUT2D eigenvalue weighted by atomic mass is 35.5. The topological polar surface area (TPSA) is 55.5 Å². The molecule has 0 spiro atoms. The van der Waals surface area contributed by atoms with Crippen LogP contribution in [0.4, 0.5) is 5.69 Å². The Kier molecular flexibility index (Phi) is 7.17. The summed E-state index contributed by atoms with van der Waals surface area (Å²) in [5.41, 5.74) is 6.39. The molecule has 0 aliphatic carbocycles. The highest BCUT2D eigenvalue weighted by Gasteiger charge is 2.15. The summed E-state index contributed by atoms with van der Waals surface area (Å²) in [7, 11) is -0.303. The van der Waals surface area contributed by atoms with Crippen LogP contribution in [0.1, 0.15) is 38.1 Å².